The quantitative estimate of drug-likeness (QED) is 0.408. The Hall–Kier alpha value is 0.584. The van der Waals surface area contributed by atoms with E-state index in [1.807, 2.05) is 0 Å². The molecule has 0 aromatic carbocycles. The van der Waals surface area contributed by atoms with Crippen LogP contribution < -0.4 is 0 Å². The van der Waals surface area contributed by atoms with Crippen LogP contribution in [0, 0.1) is 0 Å². The van der Waals surface area contributed by atoms with Crippen molar-refractivity contribution < 1.29 is 17.3 Å². The van der Waals surface area contributed by atoms with E-state index in [0.29, 0.717) is 0 Å². The van der Waals surface area contributed by atoms with Gasteiger partial charge in [-0.3, -0.25) is 0 Å². The molecule has 0 saturated heterocycles. The van der Waals surface area contributed by atoms with Crippen LogP contribution in [0.1, 0.15) is 0 Å². The second-order valence-corrected chi connectivity index (χ2v) is 0.495. The van der Waals surface area contributed by atoms with Crippen molar-refractivity contribution in [2.75, 3.05) is 0 Å². The first-order valence-corrected chi connectivity index (χ1v) is 0.873. The van der Waals surface area contributed by atoms with E-state index in [1.165, 1.54) is 0 Å². The molecule has 2 radical (unpaired) electrons. The van der Waals surface area contributed by atoms with Crippen molar-refractivity contribution in [2.45, 2.75) is 0 Å². The van der Waals surface area contributed by atoms with Gasteiger partial charge in [-0.25, -0.2) is 0 Å². The molecule has 0 aromatic heterocycles. The Morgan fingerprint density at radius 3 is 0.833 bits per heavy atom. The topological polar surface area (TPSA) is 0 Å². The molecule has 0 saturated carbocycles. The molecule has 0 heterocycles. The Labute approximate surface area is 49.0 Å². The second kappa shape index (κ2) is 2.71. The van der Waals surface area contributed by atoms with Crippen molar-refractivity contribution in [2.24, 2.45) is 0 Å². The summed E-state index contributed by atoms with van der Waals surface area (Å²) in [6, 6.07) is 0. The summed E-state index contributed by atoms with van der Waals surface area (Å²) < 4.78 is 39.0. The maximum atomic E-state index is 9.75. The standard InChI is InChI=1S/BF4.Sn/c2-1(3,4)5;/q-1;+2. The molecular weight excluding hydrogens is 206 g/mol. The van der Waals surface area contributed by atoms with Gasteiger partial charge in [-0.2, -0.15) is 0 Å². The van der Waals surface area contributed by atoms with Crippen LogP contribution in [-0.4, -0.2) is 31.2 Å². The summed E-state index contributed by atoms with van der Waals surface area (Å²) in [5.74, 6) is 0. The molecule has 0 unspecified atom stereocenters. The largest absolute Gasteiger partial charge is 2.00 e. The van der Waals surface area contributed by atoms with Gasteiger partial charge < -0.3 is 17.3 Å². The SMILES string of the molecule is F[B-](F)(F)F.[Sn+2]. The van der Waals surface area contributed by atoms with E-state index in [2.05, 4.69) is 0 Å². The van der Waals surface area contributed by atoms with Crippen molar-refractivity contribution in [1.29, 1.82) is 0 Å². The van der Waals surface area contributed by atoms with Crippen LogP contribution in [0.2, 0.25) is 0 Å². The van der Waals surface area contributed by atoms with Gasteiger partial charge in [0.2, 0.25) is 0 Å². The fourth-order valence-electron chi connectivity index (χ4n) is 0. The Balaban J connectivity index is 0. The Kier molecular flexibility index (Phi) is 4.41. The summed E-state index contributed by atoms with van der Waals surface area (Å²) in [5, 5.41) is 0. The van der Waals surface area contributed by atoms with Gasteiger partial charge in [-0.1, -0.05) is 0 Å². The maximum absolute atomic E-state index is 9.75. The van der Waals surface area contributed by atoms with Crippen LogP contribution in [0.4, 0.5) is 17.3 Å². The molecule has 0 aliphatic heterocycles. The van der Waals surface area contributed by atoms with Crippen LogP contribution in [0.25, 0.3) is 0 Å². The third-order valence-electron chi connectivity index (χ3n) is 0. The van der Waals surface area contributed by atoms with E-state index >= 15 is 0 Å². The molecule has 0 atom stereocenters. The first-order chi connectivity index (χ1) is 2.00. The average Bonchev–Trinajstić information content (AvgIpc) is 0.722. The van der Waals surface area contributed by atoms with Crippen LogP contribution in [0.15, 0.2) is 0 Å². The van der Waals surface area contributed by atoms with E-state index in [9.17, 15) is 17.3 Å². The first-order valence-electron chi connectivity index (χ1n) is 0.873. The van der Waals surface area contributed by atoms with Gasteiger partial charge in [0, 0.05) is 0 Å². The van der Waals surface area contributed by atoms with Crippen LogP contribution >= 0.6 is 0 Å². The number of halogens is 4. The monoisotopic (exact) mass is 207 g/mol. The molecule has 34 valence electrons. The normalized spacial score (nSPS) is 10.0. The Bertz CT molecular complexity index is 23.0. The zero-order chi connectivity index (χ0) is 4.50. The molecule has 0 rings (SSSR count). The van der Waals surface area contributed by atoms with E-state index in [4.69, 9.17) is 0 Å². The molecule has 6 heteroatoms. The number of rotatable bonds is 0. The van der Waals surface area contributed by atoms with E-state index in [1.54, 1.807) is 0 Å². The molecule has 0 amide bonds. The van der Waals surface area contributed by atoms with Gasteiger partial charge in [0.25, 0.3) is 0 Å². The van der Waals surface area contributed by atoms with E-state index in [-0.39, 0.29) is 23.9 Å². The summed E-state index contributed by atoms with van der Waals surface area (Å²) in [6.45, 7) is 0. The molecule has 0 aliphatic rings. The minimum Gasteiger partial charge on any atom is -0.418 e. The molecule has 6 heavy (non-hydrogen) atoms. The summed E-state index contributed by atoms with van der Waals surface area (Å²) in [6.07, 6.45) is 0. The van der Waals surface area contributed by atoms with Crippen molar-refractivity contribution in [3.63, 3.8) is 0 Å². The molecule has 0 N–H and O–H groups in total. The minimum atomic E-state index is -6.00. The predicted octanol–water partition coefficient (Wildman–Crippen LogP) is 0.919. The summed E-state index contributed by atoms with van der Waals surface area (Å²) in [7, 11) is -6.00. The second-order valence-electron chi connectivity index (χ2n) is 0.495. The molecule has 0 aliphatic carbocycles. The van der Waals surface area contributed by atoms with Crippen molar-refractivity contribution in [1.82, 2.24) is 0 Å². The van der Waals surface area contributed by atoms with Gasteiger partial charge in [0.15, 0.2) is 0 Å². The average molecular weight is 206 g/mol. The van der Waals surface area contributed by atoms with E-state index < -0.39 is 7.25 Å². The fourth-order valence-corrected chi connectivity index (χ4v) is 0. The maximum Gasteiger partial charge on any atom is 2.00 e. The van der Waals surface area contributed by atoms with Gasteiger partial charge in [-0.05, 0) is 0 Å². The molecule has 0 nitrogen and oxygen atoms in total. The van der Waals surface area contributed by atoms with Crippen LogP contribution in [0.5, 0.6) is 0 Å². The molecular formula is BF4Sn+. The first kappa shape index (κ1) is 9.77. The smallest absolute Gasteiger partial charge is 0.418 e. The minimum absolute atomic E-state index is 0. The Morgan fingerprint density at radius 2 is 0.833 bits per heavy atom. The fraction of sp³-hybridized carbons (Fsp3) is 0. The molecule has 0 bridgehead atoms. The van der Waals surface area contributed by atoms with Gasteiger partial charge in [0.05, 0.1) is 0 Å². The molecule has 0 fully saturated rings. The van der Waals surface area contributed by atoms with Gasteiger partial charge in [0.1, 0.15) is 0 Å². The zero-order valence-corrected chi connectivity index (χ0v) is 5.44. The number of hydrogen-bond donors (Lipinski definition) is 0. The van der Waals surface area contributed by atoms with E-state index in [0.717, 1.165) is 0 Å². The molecule has 0 aromatic rings. The van der Waals surface area contributed by atoms with Crippen molar-refractivity contribution in [3.05, 3.63) is 0 Å². The van der Waals surface area contributed by atoms with Crippen molar-refractivity contribution in [3.8, 4) is 0 Å². The van der Waals surface area contributed by atoms with Crippen LogP contribution in [-0.2, 0) is 0 Å². The van der Waals surface area contributed by atoms with Crippen molar-refractivity contribution >= 4 is 31.2 Å². The summed E-state index contributed by atoms with van der Waals surface area (Å²) in [4.78, 5) is 0. The van der Waals surface area contributed by atoms with Crippen LogP contribution in [0.3, 0.4) is 0 Å². The summed E-state index contributed by atoms with van der Waals surface area (Å²) >= 11 is 0. The molecule has 0 spiro atoms. The van der Waals surface area contributed by atoms with Gasteiger partial charge >= 0.3 is 31.2 Å². The Morgan fingerprint density at radius 1 is 0.833 bits per heavy atom. The summed E-state index contributed by atoms with van der Waals surface area (Å²) in [5.41, 5.74) is 0. The predicted molar refractivity (Wildman–Crippen MR) is 15.9 cm³/mol. The zero-order valence-electron chi connectivity index (χ0n) is 2.59. The third kappa shape index (κ3) is 173. The van der Waals surface area contributed by atoms with Gasteiger partial charge in [-0.15, -0.1) is 0 Å². The number of hydrogen-bond acceptors (Lipinski definition) is 0. The third-order valence-corrected chi connectivity index (χ3v) is 0.